The predicted molar refractivity (Wildman–Crippen MR) is 74.5 cm³/mol. The monoisotopic (exact) mass is 265 g/mol. The van der Waals surface area contributed by atoms with E-state index in [1.54, 1.807) is 0 Å². The van der Waals surface area contributed by atoms with E-state index in [0.29, 0.717) is 12.3 Å². The highest BCUT2D eigenvalue weighted by atomic mass is 16.7. The minimum atomic E-state index is -0.523. The average molecular weight is 265 g/mol. The van der Waals surface area contributed by atoms with Gasteiger partial charge in [-0.3, -0.25) is 4.90 Å². The minimum Gasteiger partial charge on any atom is -0.454 e. The Hall–Kier alpha value is -1.26. The normalized spacial score (nSPS) is 15.9. The van der Waals surface area contributed by atoms with E-state index < -0.39 is 6.10 Å². The van der Waals surface area contributed by atoms with Gasteiger partial charge in [-0.2, -0.15) is 0 Å². The van der Waals surface area contributed by atoms with E-state index in [2.05, 4.69) is 25.7 Å². The largest absolute Gasteiger partial charge is 0.454 e. The minimum absolute atomic E-state index is 0.0807. The molecule has 1 aliphatic heterocycles. The maximum atomic E-state index is 10.3. The first-order chi connectivity index (χ1) is 8.94. The van der Waals surface area contributed by atoms with Crippen LogP contribution < -0.4 is 9.47 Å². The summed E-state index contributed by atoms with van der Waals surface area (Å²) >= 11 is 0. The summed E-state index contributed by atoms with van der Waals surface area (Å²) in [7, 11) is 2.04. The fourth-order valence-electron chi connectivity index (χ4n) is 2.00. The van der Waals surface area contributed by atoms with Gasteiger partial charge in [-0.1, -0.05) is 13.0 Å². The lowest BCUT2D eigenvalue weighted by molar-refractivity contribution is 0.0685. The zero-order valence-corrected chi connectivity index (χ0v) is 12.1. The van der Waals surface area contributed by atoms with Crippen molar-refractivity contribution < 1.29 is 14.6 Å². The Kier molecular flexibility index (Phi) is 4.02. The molecule has 1 aromatic carbocycles. The van der Waals surface area contributed by atoms with Crippen molar-refractivity contribution in [1.29, 1.82) is 0 Å². The van der Waals surface area contributed by atoms with Crippen LogP contribution in [0, 0.1) is 0 Å². The summed E-state index contributed by atoms with van der Waals surface area (Å²) in [6.45, 7) is 7.38. The number of aliphatic hydroxyl groups excluding tert-OH is 1. The lowest BCUT2D eigenvalue weighted by atomic mass is 9.98. The molecule has 19 heavy (non-hydrogen) atoms. The van der Waals surface area contributed by atoms with Crippen molar-refractivity contribution in [2.24, 2.45) is 0 Å². The van der Waals surface area contributed by atoms with E-state index in [0.717, 1.165) is 17.7 Å². The third kappa shape index (κ3) is 3.01. The fraction of sp³-hybridized carbons (Fsp3) is 0.600. The Morgan fingerprint density at radius 3 is 2.68 bits per heavy atom. The molecule has 0 aromatic heterocycles. The molecule has 1 aliphatic rings. The molecule has 4 heteroatoms. The third-order valence-electron chi connectivity index (χ3n) is 4.13. The second-order valence-electron chi connectivity index (χ2n) is 5.68. The van der Waals surface area contributed by atoms with E-state index in [4.69, 9.17) is 9.47 Å². The van der Waals surface area contributed by atoms with E-state index in [9.17, 15) is 5.11 Å². The van der Waals surface area contributed by atoms with Crippen LogP contribution in [0.3, 0.4) is 0 Å². The molecular formula is C15H23NO3. The van der Waals surface area contributed by atoms with Gasteiger partial charge in [0.05, 0.1) is 6.10 Å². The predicted octanol–water partition coefficient (Wildman–Crippen LogP) is 2.57. The van der Waals surface area contributed by atoms with Crippen LogP contribution >= 0.6 is 0 Å². The van der Waals surface area contributed by atoms with Crippen molar-refractivity contribution >= 4 is 0 Å². The van der Waals surface area contributed by atoms with Gasteiger partial charge in [0.15, 0.2) is 11.5 Å². The second-order valence-corrected chi connectivity index (χ2v) is 5.68. The standard InChI is InChI=1S/C15H23NO3/c1-5-15(2,3)16(4)9-12(17)11-6-7-13-14(8-11)19-10-18-13/h6-8,12,17H,5,9-10H2,1-4H3. The molecule has 1 unspecified atom stereocenters. The van der Waals surface area contributed by atoms with Crippen LogP contribution in [0.2, 0.25) is 0 Å². The van der Waals surface area contributed by atoms with Crippen LogP contribution in [-0.4, -0.2) is 35.9 Å². The van der Waals surface area contributed by atoms with Gasteiger partial charge in [0, 0.05) is 12.1 Å². The number of benzene rings is 1. The summed E-state index contributed by atoms with van der Waals surface area (Å²) in [5, 5.41) is 10.3. The Bertz CT molecular complexity index is 445. The molecule has 0 spiro atoms. The fourth-order valence-corrected chi connectivity index (χ4v) is 2.00. The molecule has 0 saturated carbocycles. The molecular weight excluding hydrogens is 242 g/mol. The Balaban J connectivity index is 2.06. The van der Waals surface area contributed by atoms with E-state index in [1.807, 2.05) is 25.2 Å². The lowest BCUT2D eigenvalue weighted by Crippen LogP contribution is -2.42. The number of β-amino-alcohol motifs (C(OH)–C–C–N with tert-alkyl or cyclic N) is 1. The van der Waals surface area contributed by atoms with Gasteiger partial charge in [-0.05, 0) is 45.0 Å². The number of fused-ring (bicyclic) bond motifs is 1. The maximum absolute atomic E-state index is 10.3. The average Bonchev–Trinajstić information content (AvgIpc) is 2.85. The van der Waals surface area contributed by atoms with Crippen LogP contribution in [0.5, 0.6) is 11.5 Å². The first-order valence-electron chi connectivity index (χ1n) is 6.73. The summed E-state index contributed by atoms with van der Waals surface area (Å²) in [5.74, 6) is 1.46. The number of likely N-dealkylation sites (N-methyl/N-ethyl adjacent to an activating group) is 1. The number of nitrogens with zero attached hydrogens (tertiary/aromatic N) is 1. The first-order valence-corrected chi connectivity index (χ1v) is 6.73. The van der Waals surface area contributed by atoms with Crippen LogP contribution in [0.15, 0.2) is 18.2 Å². The molecule has 2 rings (SSSR count). The highest BCUT2D eigenvalue weighted by Crippen LogP contribution is 2.34. The first kappa shape index (κ1) is 14.2. The van der Waals surface area contributed by atoms with Gasteiger partial charge in [0.1, 0.15) is 0 Å². The van der Waals surface area contributed by atoms with E-state index in [1.165, 1.54) is 0 Å². The summed E-state index contributed by atoms with van der Waals surface area (Å²) in [4.78, 5) is 2.18. The highest BCUT2D eigenvalue weighted by Gasteiger charge is 2.24. The second kappa shape index (κ2) is 5.39. The SMILES string of the molecule is CCC(C)(C)N(C)CC(O)c1ccc2c(c1)OCO2. The van der Waals surface area contributed by atoms with Gasteiger partial charge in [-0.15, -0.1) is 0 Å². The topological polar surface area (TPSA) is 41.9 Å². The van der Waals surface area contributed by atoms with Gasteiger partial charge < -0.3 is 14.6 Å². The highest BCUT2D eigenvalue weighted by molar-refractivity contribution is 5.45. The zero-order chi connectivity index (χ0) is 14.0. The quantitative estimate of drug-likeness (QED) is 0.888. The van der Waals surface area contributed by atoms with E-state index in [-0.39, 0.29) is 12.3 Å². The van der Waals surface area contributed by atoms with Gasteiger partial charge in [0.2, 0.25) is 6.79 Å². The molecule has 1 aromatic rings. The summed E-state index contributed by atoms with van der Waals surface area (Å²) in [5.41, 5.74) is 0.945. The molecule has 0 aliphatic carbocycles. The Morgan fingerprint density at radius 2 is 2.00 bits per heavy atom. The summed E-state index contributed by atoms with van der Waals surface area (Å²) in [6, 6.07) is 5.61. The number of aliphatic hydroxyl groups is 1. The third-order valence-corrected chi connectivity index (χ3v) is 4.13. The molecule has 1 N–H and O–H groups in total. The molecule has 1 heterocycles. The van der Waals surface area contributed by atoms with Crippen LogP contribution in [0.1, 0.15) is 38.9 Å². The van der Waals surface area contributed by atoms with Crippen LogP contribution in [0.25, 0.3) is 0 Å². The maximum Gasteiger partial charge on any atom is 0.231 e. The molecule has 0 saturated heterocycles. The van der Waals surface area contributed by atoms with Crippen molar-refractivity contribution in [3.8, 4) is 11.5 Å². The van der Waals surface area contributed by atoms with Crippen molar-refractivity contribution in [3.63, 3.8) is 0 Å². The van der Waals surface area contributed by atoms with Crippen LogP contribution in [-0.2, 0) is 0 Å². The molecule has 106 valence electrons. The van der Waals surface area contributed by atoms with Gasteiger partial charge in [-0.25, -0.2) is 0 Å². The lowest BCUT2D eigenvalue weighted by Gasteiger charge is -2.36. The molecule has 0 bridgehead atoms. The van der Waals surface area contributed by atoms with Crippen molar-refractivity contribution in [1.82, 2.24) is 4.90 Å². The number of rotatable bonds is 5. The molecule has 0 radical (unpaired) electrons. The summed E-state index contributed by atoms with van der Waals surface area (Å²) < 4.78 is 10.6. The summed E-state index contributed by atoms with van der Waals surface area (Å²) in [6.07, 6.45) is 0.516. The van der Waals surface area contributed by atoms with Crippen molar-refractivity contribution in [3.05, 3.63) is 23.8 Å². The van der Waals surface area contributed by atoms with Crippen molar-refractivity contribution in [2.45, 2.75) is 38.8 Å². The Morgan fingerprint density at radius 1 is 1.32 bits per heavy atom. The molecule has 0 fully saturated rings. The molecule has 1 atom stereocenters. The van der Waals surface area contributed by atoms with Crippen LogP contribution in [0.4, 0.5) is 0 Å². The number of hydrogen-bond donors (Lipinski definition) is 1. The van der Waals surface area contributed by atoms with Crippen molar-refractivity contribution in [2.75, 3.05) is 20.4 Å². The molecule has 4 nitrogen and oxygen atoms in total. The smallest absolute Gasteiger partial charge is 0.231 e. The zero-order valence-electron chi connectivity index (χ0n) is 12.1. The Labute approximate surface area is 114 Å². The molecule has 0 amide bonds. The van der Waals surface area contributed by atoms with Gasteiger partial charge >= 0.3 is 0 Å². The van der Waals surface area contributed by atoms with E-state index >= 15 is 0 Å². The number of ether oxygens (including phenoxy) is 2. The number of hydrogen-bond acceptors (Lipinski definition) is 4. The van der Waals surface area contributed by atoms with Gasteiger partial charge in [0.25, 0.3) is 0 Å².